The van der Waals surface area contributed by atoms with Crippen LogP contribution in [-0.4, -0.2) is 276 Å². The summed E-state index contributed by atoms with van der Waals surface area (Å²) in [4.78, 5) is 38.0. The van der Waals surface area contributed by atoms with Gasteiger partial charge in [-0.15, -0.1) is 0 Å². The van der Waals surface area contributed by atoms with Gasteiger partial charge < -0.3 is 130 Å². The molecule has 5 rings (SSSR count). The summed E-state index contributed by atoms with van der Waals surface area (Å²) in [5.74, 6) is -2.47. The van der Waals surface area contributed by atoms with Crippen LogP contribution in [-0.2, 0) is 57.0 Å². The molecule has 0 aromatic rings. The third-order valence-corrected chi connectivity index (χ3v) is 11.5. The van der Waals surface area contributed by atoms with Gasteiger partial charge in [0.25, 0.3) is 0 Å². The topological polar surface area (TPSA) is 454 Å². The SMILES string of the molecule is CC(=O)N[C@H]1[C@H](O[C@@H]2[C@H](O[C@H]3O[C@H](CO)[C@@H](O)[C@H](O)[C@H]3NC(C)=O)[C@@H](NC(C)=O)[C@H](O[C@H]3[C@@H](O)[C@@H](CO)OC(O)[C@@H]3O)O[C@@H]2CO)O[C@H](CO)[C@H](O[C@@H]2O[C@H](CO)[C@H](O)[C@H](O)[C@H]2O)[C@@H]1O. The van der Waals surface area contributed by atoms with Crippen LogP contribution in [0.5, 0.6) is 0 Å². The standard InChI is InChI=1S/C36H61N3O26/c1-9(45)37-17-23(51)20(48)12(4-40)58-33(17)64-30-19(39-11(3)47)35(65-31-22(50)14(6-42)57-32(56)27(31)55)61-16(8-44)29(30)63-34-18(38-10(2)46)24(52)28(15(7-43)60-34)62-36-26(54)25(53)21(49)13(5-41)59-36/h12-36,40-44,48-56H,4-8H2,1-3H3,(H,37,45)(H,38,46)(H,39,47)/t12-,13-,14-,15-,16-,17-,18-,19-,20-,21+,22+,23-,24-,25+,26-,27-,28+,29+,30-,31+,32?,33-,34+,35+,36+/m1/s1. The highest BCUT2D eigenvalue weighted by Gasteiger charge is 2.58. The fraction of sp³-hybridized carbons (Fsp3) is 0.917. The quantitative estimate of drug-likeness (QED) is 0.0683. The van der Waals surface area contributed by atoms with E-state index in [1.165, 1.54) is 0 Å². The number of hydrogen-bond donors (Lipinski definition) is 17. The molecule has 0 radical (unpaired) electrons. The Bertz CT molecular complexity index is 1560. The molecule has 3 amide bonds. The van der Waals surface area contributed by atoms with Gasteiger partial charge in [-0.1, -0.05) is 0 Å². The molecule has 5 heterocycles. The van der Waals surface area contributed by atoms with Gasteiger partial charge in [0.2, 0.25) is 17.7 Å². The van der Waals surface area contributed by atoms with Gasteiger partial charge in [0.15, 0.2) is 31.5 Å². The molecule has 5 fully saturated rings. The summed E-state index contributed by atoms with van der Waals surface area (Å²) < 4.78 is 52.6. The molecule has 65 heavy (non-hydrogen) atoms. The average molecular weight is 952 g/mol. The van der Waals surface area contributed by atoms with Crippen LogP contribution in [0.15, 0.2) is 0 Å². The summed E-state index contributed by atoms with van der Waals surface area (Å²) in [5.41, 5.74) is 0. The first-order valence-corrected chi connectivity index (χ1v) is 20.6. The van der Waals surface area contributed by atoms with Crippen molar-refractivity contribution < 1.29 is 129 Å². The van der Waals surface area contributed by atoms with E-state index in [-0.39, 0.29) is 0 Å². The van der Waals surface area contributed by atoms with E-state index in [9.17, 15) is 85.9 Å². The summed E-state index contributed by atoms with van der Waals surface area (Å²) in [7, 11) is 0. The third-order valence-electron chi connectivity index (χ3n) is 11.5. The van der Waals surface area contributed by atoms with Crippen LogP contribution >= 0.6 is 0 Å². The number of rotatable bonds is 16. The average Bonchev–Trinajstić information content (AvgIpc) is 3.26. The van der Waals surface area contributed by atoms with Gasteiger partial charge in [0, 0.05) is 20.8 Å². The Morgan fingerprint density at radius 3 is 1.25 bits per heavy atom. The number of ether oxygens (including phenoxy) is 9. The first-order valence-electron chi connectivity index (χ1n) is 20.6. The summed E-state index contributed by atoms with van der Waals surface area (Å²) in [5, 5.41) is 155. The molecule has 0 aromatic heterocycles. The van der Waals surface area contributed by atoms with Crippen LogP contribution in [0, 0.1) is 0 Å². The summed E-state index contributed by atoms with van der Waals surface area (Å²) >= 11 is 0. The van der Waals surface area contributed by atoms with Crippen LogP contribution in [0.2, 0.25) is 0 Å². The molecule has 0 saturated carbocycles. The van der Waals surface area contributed by atoms with Crippen molar-refractivity contribution in [1.82, 2.24) is 16.0 Å². The van der Waals surface area contributed by atoms with Crippen LogP contribution < -0.4 is 16.0 Å². The fourth-order valence-corrected chi connectivity index (χ4v) is 8.23. The zero-order valence-corrected chi connectivity index (χ0v) is 35.1. The van der Waals surface area contributed by atoms with E-state index in [0.717, 1.165) is 20.8 Å². The largest absolute Gasteiger partial charge is 0.394 e. The van der Waals surface area contributed by atoms with Gasteiger partial charge in [0.05, 0.1) is 33.0 Å². The fourth-order valence-electron chi connectivity index (χ4n) is 8.23. The monoisotopic (exact) mass is 951 g/mol. The molecule has 376 valence electrons. The minimum absolute atomic E-state index is 0.786. The number of aliphatic hydroxyl groups is 14. The Morgan fingerprint density at radius 1 is 0.369 bits per heavy atom. The number of hydrogen-bond acceptors (Lipinski definition) is 26. The maximum Gasteiger partial charge on any atom is 0.217 e. The zero-order chi connectivity index (χ0) is 48.2. The second-order valence-corrected chi connectivity index (χ2v) is 16.2. The molecule has 5 aliphatic heterocycles. The van der Waals surface area contributed by atoms with E-state index in [1.807, 2.05) is 0 Å². The van der Waals surface area contributed by atoms with Gasteiger partial charge in [-0.05, 0) is 0 Å². The molecular weight excluding hydrogens is 890 g/mol. The maximum atomic E-state index is 12.9. The second kappa shape index (κ2) is 23.2. The Hall–Kier alpha value is -2.51. The van der Waals surface area contributed by atoms with Crippen molar-refractivity contribution in [3.8, 4) is 0 Å². The first-order chi connectivity index (χ1) is 30.7. The summed E-state index contributed by atoms with van der Waals surface area (Å²) in [6.07, 6.45) is -40.6. The summed E-state index contributed by atoms with van der Waals surface area (Å²) in [6.45, 7) is -1.66. The molecule has 0 bridgehead atoms. The van der Waals surface area contributed by atoms with E-state index < -0.39 is 204 Å². The number of carbonyl (C=O) groups is 3. The van der Waals surface area contributed by atoms with Crippen LogP contribution in [0.25, 0.3) is 0 Å². The lowest BCUT2D eigenvalue weighted by atomic mass is 9.92. The highest BCUT2D eigenvalue weighted by molar-refractivity contribution is 5.74. The molecule has 1 unspecified atom stereocenters. The van der Waals surface area contributed by atoms with Gasteiger partial charge in [0.1, 0.15) is 122 Å². The minimum Gasteiger partial charge on any atom is -0.394 e. The molecule has 0 spiro atoms. The lowest BCUT2D eigenvalue weighted by Gasteiger charge is -2.52. The number of amides is 3. The van der Waals surface area contributed by atoms with Crippen LogP contribution in [0.4, 0.5) is 0 Å². The van der Waals surface area contributed by atoms with Crippen molar-refractivity contribution in [2.45, 2.75) is 174 Å². The van der Waals surface area contributed by atoms with Gasteiger partial charge >= 0.3 is 0 Å². The predicted octanol–water partition coefficient (Wildman–Crippen LogP) is -11.5. The first kappa shape index (κ1) is 53.4. The lowest BCUT2D eigenvalue weighted by Crippen LogP contribution is -2.72. The third kappa shape index (κ3) is 11.9. The molecular formula is C36H61N3O26. The Labute approximate surface area is 369 Å². The van der Waals surface area contributed by atoms with Crippen molar-refractivity contribution in [3.05, 3.63) is 0 Å². The zero-order valence-electron chi connectivity index (χ0n) is 35.1. The molecule has 0 aliphatic carbocycles. The Balaban J connectivity index is 1.57. The predicted molar refractivity (Wildman–Crippen MR) is 201 cm³/mol. The smallest absolute Gasteiger partial charge is 0.217 e. The lowest BCUT2D eigenvalue weighted by molar-refractivity contribution is -0.381. The molecule has 25 atom stereocenters. The van der Waals surface area contributed by atoms with Crippen molar-refractivity contribution in [1.29, 1.82) is 0 Å². The van der Waals surface area contributed by atoms with E-state index in [1.54, 1.807) is 0 Å². The van der Waals surface area contributed by atoms with Crippen molar-refractivity contribution in [3.63, 3.8) is 0 Å². The van der Waals surface area contributed by atoms with Gasteiger partial charge in [-0.3, -0.25) is 14.4 Å². The van der Waals surface area contributed by atoms with Crippen molar-refractivity contribution in [2.75, 3.05) is 33.0 Å². The Morgan fingerprint density at radius 2 is 0.738 bits per heavy atom. The van der Waals surface area contributed by atoms with E-state index in [2.05, 4.69) is 16.0 Å². The molecule has 5 saturated heterocycles. The van der Waals surface area contributed by atoms with E-state index >= 15 is 0 Å². The highest BCUT2D eigenvalue weighted by atomic mass is 16.8. The normalized spacial score (nSPS) is 47.1. The molecule has 5 aliphatic rings. The van der Waals surface area contributed by atoms with Crippen LogP contribution in [0.3, 0.4) is 0 Å². The molecule has 29 nitrogen and oxygen atoms in total. The minimum atomic E-state index is -2.05. The van der Waals surface area contributed by atoms with Gasteiger partial charge in [-0.2, -0.15) is 0 Å². The Kier molecular flexibility index (Phi) is 19.1. The van der Waals surface area contributed by atoms with E-state index in [4.69, 9.17) is 42.6 Å². The highest BCUT2D eigenvalue weighted by Crippen LogP contribution is 2.37. The molecule has 17 N–H and O–H groups in total. The van der Waals surface area contributed by atoms with Crippen molar-refractivity contribution in [2.24, 2.45) is 0 Å². The molecule has 0 aromatic carbocycles. The number of aliphatic hydroxyl groups excluding tert-OH is 14. The van der Waals surface area contributed by atoms with Gasteiger partial charge in [-0.25, -0.2) is 0 Å². The van der Waals surface area contributed by atoms with Crippen LogP contribution in [0.1, 0.15) is 20.8 Å². The van der Waals surface area contributed by atoms with E-state index in [0.29, 0.717) is 0 Å². The molecule has 29 heteroatoms. The summed E-state index contributed by atoms with van der Waals surface area (Å²) in [6, 6.07) is -5.21. The number of carbonyl (C=O) groups excluding carboxylic acids is 3. The second-order valence-electron chi connectivity index (χ2n) is 16.2. The maximum absolute atomic E-state index is 12.9. The number of nitrogens with one attached hydrogen (secondary N) is 3. The van der Waals surface area contributed by atoms with Crippen molar-refractivity contribution >= 4 is 17.7 Å².